The number of rotatable bonds is 26. The molecule has 6 aromatic carbocycles. The number of benzene rings is 6. The first-order valence-corrected chi connectivity index (χ1v) is 39.8. The van der Waals surface area contributed by atoms with Crippen molar-refractivity contribution in [2.24, 2.45) is 58.4 Å². The first-order valence-electron chi connectivity index (χ1n) is 36.7. The molecule has 8 rings (SSSR count). The summed E-state index contributed by atoms with van der Waals surface area (Å²) in [5, 5.41) is 5.91. The lowest BCUT2D eigenvalue weighted by Crippen LogP contribution is -2.37. The van der Waals surface area contributed by atoms with Gasteiger partial charge in [-0.05, 0) is 220 Å². The summed E-state index contributed by atoms with van der Waals surface area (Å²) in [6, 6.07) is 45.9. The SMILES string of the molecule is C=C(C(C)C)C(C)(CCN)c1ccc(Cl)cc1.C=C(C(C)C)C(CCN)c1ccc(Br)cc1.C=C(C(C)C)C(CCN)c1ccc(Br)cc1.C=C(C(C)C)C1(c2ccc(Cl)c(F)c2)CCCCC1.C=C(C(C)C)C1(c2ccc(Cl)cc2)CCNC1.CC(C)C(=O)C(C)(CCN)c1ccc(Cl)cc1. The van der Waals surface area contributed by atoms with Gasteiger partial charge in [-0.3, -0.25) is 4.79 Å². The van der Waals surface area contributed by atoms with Crippen molar-refractivity contribution in [2.75, 3.05) is 39.3 Å². The maximum Gasteiger partial charge on any atom is 0.145 e. The lowest BCUT2D eigenvalue weighted by molar-refractivity contribution is -0.127. The van der Waals surface area contributed by atoms with E-state index in [1.165, 1.54) is 69.4 Å². The van der Waals surface area contributed by atoms with Crippen LogP contribution in [-0.4, -0.2) is 45.1 Å². The summed E-state index contributed by atoms with van der Waals surface area (Å²) in [6.07, 6.45) is 10.4. The van der Waals surface area contributed by atoms with Gasteiger partial charge in [0.25, 0.3) is 0 Å². The van der Waals surface area contributed by atoms with E-state index in [9.17, 15) is 9.18 Å². The number of hydrogen-bond donors (Lipinski definition) is 5. The zero-order chi connectivity index (χ0) is 76.9. The Bertz CT molecular complexity index is 3390. The van der Waals surface area contributed by atoms with Crippen LogP contribution in [-0.2, 0) is 26.5 Å². The molecule has 0 radical (unpaired) electrons. The van der Waals surface area contributed by atoms with Crippen molar-refractivity contribution in [3.8, 4) is 0 Å². The highest BCUT2D eigenvalue weighted by molar-refractivity contribution is 9.10. The molecule has 1 saturated carbocycles. The van der Waals surface area contributed by atoms with Crippen LogP contribution in [0, 0.1) is 41.3 Å². The molecular weight excluding hydrogens is 1480 g/mol. The maximum absolute atomic E-state index is 13.8. The van der Waals surface area contributed by atoms with Crippen molar-refractivity contribution < 1.29 is 9.18 Å². The molecule has 5 unspecified atom stereocenters. The highest BCUT2D eigenvalue weighted by Crippen LogP contribution is 2.48. The fraction of sp³-hybridized carbons (Fsp3) is 0.472. The minimum absolute atomic E-state index is 0.00206. The van der Waals surface area contributed by atoms with E-state index in [-0.39, 0.29) is 38.8 Å². The van der Waals surface area contributed by atoms with Gasteiger partial charge >= 0.3 is 0 Å². The van der Waals surface area contributed by atoms with Crippen LogP contribution >= 0.6 is 78.3 Å². The van der Waals surface area contributed by atoms with Crippen molar-refractivity contribution >= 4 is 84.0 Å². The summed E-state index contributed by atoms with van der Waals surface area (Å²) < 4.78 is 16.0. The van der Waals surface area contributed by atoms with Crippen molar-refractivity contribution in [1.82, 2.24) is 5.32 Å². The third-order valence-corrected chi connectivity index (χ3v) is 23.0. The largest absolute Gasteiger partial charge is 0.330 e. The van der Waals surface area contributed by atoms with Gasteiger partial charge < -0.3 is 28.3 Å². The predicted octanol–water partition coefficient (Wildman–Crippen LogP) is 25.2. The van der Waals surface area contributed by atoms with Gasteiger partial charge in [0.05, 0.1) is 10.4 Å². The highest BCUT2D eigenvalue weighted by atomic mass is 79.9. The molecule has 6 aromatic rings. The van der Waals surface area contributed by atoms with E-state index >= 15 is 0 Å². The number of nitrogens with two attached hydrogens (primary N) is 4. The topological polar surface area (TPSA) is 133 Å². The van der Waals surface area contributed by atoms with Gasteiger partial charge in [0.2, 0.25) is 0 Å². The van der Waals surface area contributed by atoms with Crippen LogP contribution < -0.4 is 28.3 Å². The van der Waals surface area contributed by atoms with E-state index in [0.717, 1.165) is 81.7 Å². The summed E-state index contributed by atoms with van der Waals surface area (Å²) in [6.45, 7) is 55.8. The van der Waals surface area contributed by atoms with Crippen molar-refractivity contribution in [3.63, 3.8) is 0 Å². The monoisotopic (exact) mass is 1600 g/mol. The summed E-state index contributed by atoms with van der Waals surface area (Å²) in [5.74, 6) is 3.05. The van der Waals surface area contributed by atoms with Gasteiger partial charge in [-0.25, -0.2) is 4.39 Å². The molecule has 102 heavy (non-hydrogen) atoms. The van der Waals surface area contributed by atoms with Gasteiger partial charge in [-0.1, -0.05) is 315 Å². The van der Waals surface area contributed by atoms with Gasteiger partial charge in [0.1, 0.15) is 11.6 Å². The van der Waals surface area contributed by atoms with Gasteiger partial charge in [-0.2, -0.15) is 0 Å². The quantitative estimate of drug-likeness (QED) is 0.0344. The summed E-state index contributed by atoms with van der Waals surface area (Å²) >= 11 is 30.5. The van der Waals surface area contributed by atoms with Crippen LogP contribution in [0.1, 0.15) is 206 Å². The fourth-order valence-electron chi connectivity index (χ4n) is 14.1. The third-order valence-electron chi connectivity index (χ3n) is 20.9. The van der Waals surface area contributed by atoms with Crippen LogP contribution in [0.3, 0.4) is 0 Å². The van der Waals surface area contributed by atoms with Gasteiger partial charge in [-0.15, -0.1) is 0 Å². The molecular formula is C89H124Br2Cl4FN5O. The number of carbonyl (C=O) groups excluding carboxylic acids is 1. The molecule has 2 aliphatic rings. The van der Waals surface area contributed by atoms with Crippen molar-refractivity contribution in [1.29, 1.82) is 0 Å². The standard InChI is InChI=1S/C17H22ClF.C15H20ClN.C15H22ClN.2C14H20BrN.C14H20ClNO/c1-12(2)13(3)17(9-5-4-6-10-17)14-7-8-15(18)16(19)11-14;1-11(2)12(3)15(8-9-17-10-15)13-4-6-14(16)7-5-13;1-11(2)12(3)15(4,9-10-17)13-5-7-14(16)8-6-13;2*1-10(2)11(3)14(8-9-16)12-4-6-13(15)7-5-12;1-10(2)13(17)14(3,8-9-16)11-4-6-12(15)7-5-11/h7-8,11-12H,3-6,9-10H2,1-2H3;4-7,11,17H,3,8-10H2,1-2H3;5-8,11H,3,9-10,17H2,1-2,4H3;2*4-7,10,14H,3,8-9,16H2,1-2H3;4-7,10H,8-9,16H2,1-3H3. The molecule has 1 heterocycles. The third kappa shape index (κ3) is 26.5. The molecule has 0 amide bonds. The fourth-order valence-corrected chi connectivity index (χ4v) is 15.1. The van der Waals surface area contributed by atoms with E-state index in [1.807, 2.05) is 75.4 Å². The number of carbonyl (C=O) groups is 1. The zero-order valence-corrected chi connectivity index (χ0v) is 70.3. The Kier molecular flexibility index (Phi) is 40.1. The van der Waals surface area contributed by atoms with E-state index in [4.69, 9.17) is 69.3 Å². The van der Waals surface area contributed by atoms with E-state index in [0.29, 0.717) is 79.0 Å². The summed E-state index contributed by atoms with van der Waals surface area (Å²) in [4.78, 5) is 12.4. The number of nitrogens with one attached hydrogen (secondary N) is 1. The minimum Gasteiger partial charge on any atom is -0.330 e. The average Bonchev–Trinajstić information content (AvgIpc) is 1.06. The molecule has 9 N–H and O–H groups in total. The van der Waals surface area contributed by atoms with Crippen LogP contribution in [0.4, 0.5) is 4.39 Å². The smallest absolute Gasteiger partial charge is 0.145 e. The number of allylic oxidation sites excluding steroid dienone is 4. The Morgan fingerprint density at radius 2 is 0.863 bits per heavy atom. The number of Topliss-reactive ketones (excluding diaryl/α,β-unsaturated/α-hetero) is 1. The Labute approximate surface area is 654 Å². The van der Waals surface area contributed by atoms with Crippen molar-refractivity contribution in [2.45, 2.75) is 195 Å². The van der Waals surface area contributed by atoms with Gasteiger partial charge in [0, 0.05) is 64.6 Å². The Hall–Kier alpha value is -4.46. The molecule has 1 aliphatic carbocycles. The molecule has 13 heteroatoms. The first kappa shape index (κ1) is 91.7. The second-order valence-corrected chi connectivity index (χ2v) is 33.5. The Morgan fingerprint density at radius 1 is 0.480 bits per heavy atom. The molecule has 1 saturated heterocycles. The molecule has 0 aromatic heterocycles. The number of ketones is 1. The average molecular weight is 1600 g/mol. The van der Waals surface area contributed by atoms with Crippen LogP contribution in [0.15, 0.2) is 209 Å². The highest BCUT2D eigenvalue weighted by Gasteiger charge is 2.40. The summed E-state index contributed by atoms with van der Waals surface area (Å²) in [5.41, 5.74) is 35.8. The first-order chi connectivity index (χ1) is 48.0. The lowest BCUT2D eigenvalue weighted by atomic mass is 9.63. The molecule has 1 aliphatic heterocycles. The second kappa shape index (κ2) is 44.6. The molecule has 6 nitrogen and oxygen atoms in total. The molecule has 0 spiro atoms. The van der Waals surface area contributed by atoms with E-state index in [2.05, 4.69) is 219 Å². The minimum atomic E-state index is -0.506. The summed E-state index contributed by atoms with van der Waals surface area (Å²) in [7, 11) is 0. The number of halogens is 7. The Balaban J connectivity index is 0.000000318. The predicted molar refractivity (Wildman–Crippen MR) is 453 cm³/mol. The van der Waals surface area contributed by atoms with Crippen molar-refractivity contribution in [3.05, 3.63) is 269 Å². The van der Waals surface area contributed by atoms with Gasteiger partial charge in [0.15, 0.2) is 0 Å². The van der Waals surface area contributed by atoms with Crippen LogP contribution in [0.25, 0.3) is 0 Å². The van der Waals surface area contributed by atoms with E-state index < -0.39 is 5.41 Å². The van der Waals surface area contributed by atoms with E-state index in [1.54, 1.807) is 12.1 Å². The van der Waals surface area contributed by atoms with Crippen LogP contribution in [0.5, 0.6) is 0 Å². The molecule has 560 valence electrons. The van der Waals surface area contributed by atoms with Crippen LogP contribution in [0.2, 0.25) is 20.1 Å². The zero-order valence-electron chi connectivity index (χ0n) is 64.1. The normalized spacial score (nSPS) is 16.4. The molecule has 2 fully saturated rings. The molecule has 5 atom stereocenters. The Morgan fingerprint density at radius 3 is 1.21 bits per heavy atom. The maximum atomic E-state index is 13.8. The molecule has 0 bridgehead atoms. The number of hydrogen-bond acceptors (Lipinski definition) is 6. The lowest BCUT2D eigenvalue weighted by Gasteiger charge is -2.41. The second-order valence-electron chi connectivity index (χ2n) is 29.9.